The van der Waals surface area contributed by atoms with Gasteiger partial charge in [-0.25, -0.2) is 23.1 Å². The summed E-state index contributed by atoms with van der Waals surface area (Å²) in [4.78, 5) is 16.8. The Kier molecular flexibility index (Phi) is 4.18. The molecule has 0 aliphatic carbocycles. The van der Waals surface area contributed by atoms with Gasteiger partial charge in [-0.05, 0) is 6.07 Å². The predicted molar refractivity (Wildman–Crippen MR) is 68.5 cm³/mol. The Morgan fingerprint density at radius 3 is 2.43 bits per heavy atom. The van der Waals surface area contributed by atoms with Gasteiger partial charge in [-0.2, -0.15) is 10.5 Å². The molecule has 0 spiro atoms. The van der Waals surface area contributed by atoms with E-state index < -0.39 is 50.9 Å². The molecule has 2 aromatic rings. The molecular formula is C13H4F3N5O2. The molecule has 0 atom stereocenters. The third-order valence-corrected chi connectivity index (χ3v) is 2.85. The van der Waals surface area contributed by atoms with Gasteiger partial charge in [0.05, 0.1) is 10.6 Å². The van der Waals surface area contributed by atoms with Crippen LogP contribution in [0.3, 0.4) is 0 Å². The monoisotopic (exact) mass is 319 g/mol. The van der Waals surface area contributed by atoms with Gasteiger partial charge in [0, 0.05) is 11.6 Å². The Bertz CT molecular complexity index is 886. The molecule has 0 saturated carbocycles. The molecule has 10 heteroatoms. The van der Waals surface area contributed by atoms with Gasteiger partial charge in [0.15, 0.2) is 0 Å². The molecule has 0 unspecified atom stereocenters. The largest absolute Gasteiger partial charge is 0.287 e. The highest BCUT2D eigenvalue weighted by Gasteiger charge is 2.25. The lowest BCUT2D eigenvalue weighted by Crippen LogP contribution is -2.03. The Labute approximate surface area is 126 Å². The van der Waals surface area contributed by atoms with E-state index in [4.69, 9.17) is 10.5 Å². The highest BCUT2D eigenvalue weighted by atomic mass is 19.3. The van der Waals surface area contributed by atoms with Crippen molar-refractivity contribution in [2.24, 2.45) is 0 Å². The van der Waals surface area contributed by atoms with Crippen LogP contribution >= 0.6 is 0 Å². The van der Waals surface area contributed by atoms with Crippen LogP contribution in [0, 0.1) is 38.6 Å². The molecule has 0 amide bonds. The maximum Gasteiger partial charge on any atom is 0.287 e. The highest BCUT2D eigenvalue weighted by Crippen LogP contribution is 2.33. The number of nitrogens with zero attached hydrogens (tertiary/aromatic N) is 5. The zero-order valence-electron chi connectivity index (χ0n) is 11.0. The van der Waals surface area contributed by atoms with E-state index in [-0.39, 0.29) is 0 Å². The van der Waals surface area contributed by atoms with Gasteiger partial charge in [0.2, 0.25) is 0 Å². The Hall–Kier alpha value is -3.53. The summed E-state index contributed by atoms with van der Waals surface area (Å²) in [6.07, 6.45) is -2.41. The molecule has 0 fully saturated rings. The zero-order chi connectivity index (χ0) is 17.1. The first kappa shape index (κ1) is 15.9. The van der Waals surface area contributed by atoms with Gasteiger partial charge in [-0.3, -0.25) is 10.1 Å². The van der Waals surface area contributed by atoms with Gasteiger partial charge in [0.25, 0.3) is 12.1 Å². The van der Waals surface area contributed by atoms with E-state index in [1.54, 1.807) is 0 Å². The fraction of sp³-hybridized carbons (Fsp3) is 0.0769. The quantitative estimate of drug-likeness (QED) is 0.634. The summed E-state index contributed by atoms with van der Waals surface area (Å²) in [6.45, 7) is 0. The Morgan fingerprint density at radius 1 is 1.22 bits per heavy atom. The van der Waals surface area contributed by atoms with Crippen LogP contribution in [0.25, 0.3) is 11.3 Å². The summed E-state index contributed by atoms with van der Waals surface area (Å²) in [6, 6.07) is 4.15. The molecule has 23 heavy (non-hydrogen) atoms. The minimum Gasteiger partial charge on any atom is -0.258 e. The second-order valence-electron chi connectivity index (χ2n) is 4.11. The number of nitro benzene ring substituents is 1. The average Bonchev–Trinajstić information content (AvgIpc) is 2.53. The summed E-state index contributed by atoms with van der Waals surface area (Å²) in [5, 5.41) is 28.7. The minimum absolute atomic E-state index is 0.511. The molecule has 7 nitrogen and oxygen atoms in total. The molecule has 0 bridgehead atoms. The number of benzene rings is 1. The number of hydrogen-bond donors (Lipinski definition) is 0. The minimum atomic E-state index is -3.11. The van der Waals surface area contributed by atoms with Crippen LogP contribution in [-0.2, 0) is 0 Å². The molecule has 0 N–H and O–H groups in total. The lowest BCUT2D eigenvalue weighted by molar-refractivity contribution is -0.385. The second kappa shape index (κ2) is 6.07. The smallest absolute Gasteiger partial charge is 0.258 e. The van der Waals surface area contributed by atoms with Gasteiger partial charge in [0.1, 0.15) is 41.1 Å². The van der Waals surface area contributed by atoms with Crippen molar-refractivity contribution in [2.75, 3.05) is 0 Å². The Balaban J connectivity index is 2.81. The number of nitro groups is 1. The molecule has 114 valence electrons. The molecule has 0 aliphatic heterocycles. The molecule has 1 heterocycles. The highest BCUT2D eigenvalue weighted by molar-refractivity contribution is 5.72. The third kappa shape index (κ3) is 2.78. The van der Waals surface area contributed by atoms with Gasteiger partial charge >= 0.3 is 0 Å². The SMILES string of the molecule is N#Cc1cc(F)c(-c2ncnc(C(F)F)c2C#N)cc1[N+](=O)[O-]. The number of rotatable bonds is 3. The number of halogens is 3. The van der Waals surface area contributed by atoms with Crippen molar-refractivity contribution in [1.29, 1.82) is 10.5 Å². The number of hydrogen-bond acceptors (Lipinski definition) is 6. The van der Waals surface area contributed by atoms with E-state index >= 15 is 0 Å². The van der Waals surface area contributed by atoms with E-state index in [1.807, 2.05) is 0 Å². The van der Waals surface area contributed by atoms with Gasteiger partial charge < -0.3 is 0 Å². The van der Waals surface area contributed by atoms with Crippen LogP contribution in [-0.4, -0.2) is 14.9 Å². The summed E-state index contributed by atoms with van der Waals surface area (Å²) in [5.41, 5.74) is -3.94. The number of nitriles is 2. The first-order valence-electron chi connectivity index (χ1n) is 5.82. The standard InChI is InChI=1S/C13H4F3N5O2/c14-9-1-6(3-17)10(21(22)23)2-7(9)11-8(4-18)12(13(15)16)20-5-19-11/h1-2,5,13H. The van der Waals surface area contributed by atoms with Gasteiger partial charge in [-0.15, -0.1) is 0 Å². The summed E-state index contributed by atoms with van der Waals surface area (Å²) in [7, 11) is 0. The topological polar surface area (TPSA) is 116 Å². The lowest BCUT2D eigenvalue weighted by atomic mass is 10.0. The molecule has 2 rings (SSSR count). The van der Waals surface area contributed by atoms with Crippen molar-refractivity contribution < 1.29 is 18.1 Å². The predicted octanol–water partition coefficient (Wildman–Crippen LogP) is 2.87. The van der Waals surface area contributed by atoms with Crippen molar-refractivity contribution in [3.63, 3.8) is 0 Å². The van der Waals surface area contributed by atoms with Crippen molar-refractivity contribution in [2.45, 2.75) is 6.43 Å². The van der Waals surface area contributed by atoms with Crippen LogP contribution in [0.15, 0.2) is 18.5 Å². The van der Waals surface area contributed by atoms with Crippen LogP contribution in [0.5, 0.6) is 0 Å². The fourth-order valence-corrected chi connectivity index (χ4v) is 1.86. The summed E-state index contributed by atoms with van der Waals surface area (Å²) < 4.78 is 39.8. The third-order valence-electron chi connectivity index (χ3n) is 2.85. The summed E-state index contributed by atoms with van der Waals surface area (Å²) >= 11 is 0. The maximum absolute atomic E-state index is 14.1. The fourth-order valence-electron chi connectivity index (χ4n) is 1.86. The van der Waals surface area contributed by atoms with Gasteiger partial charge in [-0.1, -0.05) is 0 Å². The number of aromatic nitrogens is 2. The zero-order valence-corrected chi connectivity index (χ0v) is 11.0. The van der Waals surface area contributed by atoms with Crippen molar-refractivity contribution >= 4 is 5.69 Å². The normalized spacial score (nSPS) is 10.2. The van der Waals surface area contributed by atoms with Crippen molar-refractivity contribution in [3.8, 4) is 23.4 Å². The first-order valence-corrected chi connectivity index (χ1v) is 5.82. The lowest BCUT2D eigenvalue weighted by Gasteiger charge is -2.08. The Morgan fingerprint density at radius 2 is 1.91 bits per heavy atom. The molecule has 0 radical (unpaired) electrons. The van der Waals surface area contributed by atoms with Crippen LogP contribution in [0.2, 0.25) is 0 Å². The van der Waals surface area contributed by atoms with Crippen LogP contribution in [0.4, 0.5) is 18.9 Å². The van der Waals surface area contributed by atoms with E-state index in [1.165, 1.54) is 12.1 Å². The van der Waals surface area contributed by atoms with E-state index in [0.717, 1.165) is 0 Å². The molecule has 0 saturated heterocycles. The molecule has 1 aromatic carbocycles. The van der Waals surface area contributed by atoms with Crippen molar-refractivity contribution in [3.05, 3.63) is 51.2 Å². The van der Waals surface area contributed by atoms with E-state index in [9.17, 15) is 23.3 Å². The average molecular weight is 319 g/mol. The van der Waals surface area contributed by atoms with E-state index in [2.05, 4.69) is 9.97 Å². The van der Waals surface area contributed by atoms with Crippen LogP contribution < -0.4 is 0 Å². The molecular weight excluding hydrogens is 315 g/mol. The second-order valence-corrected chi connectivity index (χ2v) is 4.11. The van der Waals surface area contributed by atoms with Crippen molar-refractivity contribution in [1.82, 2.24) is 9.97 Å². The number of alkyl halides is 2. The maximum atomic E-state index is 14.1. The molecule has 1 aromatic heterocycles. The van der Waals surface area contributed by atoms with Crippen LogP contribution in [0.1, 0.15) is 23.2 Å². The molecule has 0 aliphatic rings. The first-order chi connectivity index (χ1) is 10.9. The van der Waals surface area contributed by atoms with E-state index in [0.29, 0.717) is 18.5 Å². The summed E-state index contributed by atoms with van der Waals surface area (Å²) in [5.74, 6) is -1.11.